The monoisotopic (exact) mass is 200 g/mol. The summed E-state index contributed by atoms with van der Waals surface area (Å²) < 4.78 is 22.0. The molecule has 0 fully saturated rings. The molecule has 0 aliphatic rings. The molecule has 1 atom stereocenters. The number of benzene rings is 1. The summed E-state index contributed by atoms with van der Waals surface area (Å²) >= 11 is 0. The van der Waals surface area contributed by atoms with Gasteiger partial charge in [0.2, 0.25) is 0 Å². The van der Waals surface area contributed by atoms with Crippen LogP contribution >= 0.6 is 0 Å². The van der Waals surface area contributed by atoms with Crippen LogP contribution in [0.25, 0.3) is 0 Å². The maximum Gasteiger partial charge on any atom is 0.378 e. The first-order chi connectivity index (χ1) is 6.65. The van der Waals surface area contributed by atoms with Gasteiger partial charge in [-0.2, -0.15) is 4.39 Å². The lowest BCUT2D eigenvalue weighted by Gasteiger charge is -2.10. The smallest absolute Gasteiger partial charge is 0.378 e. The van der Waals surface area contributed by atoms with Crippen molar-refractivity contribution in [2.75, 3.05) is 7.11 Å². The summed E-state index contributed by atoms with van der Waals surface area (Å²) in [6, 6.07) is 6.23. The molecule has 0 aliphatic carbocycles. The van der Waals surface area contributed by atoms with E-state index in [1.54, 1.807) is 18.2 Å². The van der Waals surface area contributed by atoms with E-state index in [9.17, 15) is 9.18 Å². The quantitative estimate of drug-likeness (QED) is 0.799. The molecule has 0 heterocycles. The number of carboxylic acids is 1. The van der Waals surface area contributed by atoms with E-state index in [1.165, 1.54) is 13.2 Å². The van der Waals surface area contributed by atoms with Crippen molar-refractivity contribution in [3.63, 3.8) is 0 Å². The van der Waals surface area contributed by atoms with Crippen molar-refractivity contribution in [3.05, 3.63) is 24.3 Å². The number of methoxy groups -OCH3 is 1. The van der Waals surface area contributed by atoms with E-state index < -0.39 is 12.3 Å². The Labute approximate surface area is 79.9 Å². The number of ether oxygens (including phenoxy) is 2. The first-order valence-corrected chi connectivity index (χ1v) is 3.81. The van der Waals surface area contributed by atoms with Gasteiger partial charge in [-0.1, -0.05) is 12.1 Å². The van der Waals surface area contributed by atoms with Crippen molar-refractivity contribution < 1.29 is 23.8 Å². The molecule has 0 aromatic heterocycles. The van der Waals surface area contributed by atoms with Crippen LogP contribution in [0.4, 0.5) is 4.39 Å². The fraction of sp³-hybridized carbons (Fsp3) is 0.222. The lowest BCUT2D eigenvalue weighted by Crippen LogP contribution is -2.21. The van der Waals surface area contributed by atoms with Crippen LogP contribution in [0.1, 0.15) is 0 Å². The molecule has 0 saturated carbocycles. The summed E-state index contributed by atoms with van der Waals surface area (Å²) in [7, 11) is 1.39. The lowest BCUT2D eigenvalue weighted by molar-refractivity contribution is -0.153. The third kappa shape index (κ3) is 2.35. The van der Waals surface area contributed by atoms with Crippen LogP contribution in [-0.4, -0.2) is 24.5 Å². The number of alkyl halides is 1. The summed E-state index contributed by atoms with van der Waals surface area (Å²) in [5, 5.41) is 8.27. The van der Waals surface area contributed by atoms with Crippen molar-refractivity contribution in [1.82, 2.24) is 0 Å². The van der Waals surface area contributed by atoms with E-state index >= 15 is 0 Å². The number of halogens is 1. The minimum Gasteiger partial charge on any atom is -0.493 e. The Morgan fingerprint density at radius 2 is 2.00 bits per heavy atom. The van der Waals surface area contributed by atoms with Gasteiger partial charge in [0, 0.05) is 0 Å². The number of carbonyl (C=O) groups is 1. The predicted octanol–water partition coefficient (Wildman–Crippen LogP) is 1.45. The summed E-state index contributed by atoms with van der Waals surface area (Å²) in [6.45, 7) is 0. The van der Waals surface area contributed by atoms with E-state index in [0.717, 1.165) is 0 Å². The SMILES string of the molecule is COc1ccccc1OC(F)C(=O)O. The summed E-state index contributed by atoms with van der Waals surface area (Å²) in [5.41, 5.74) is 0. The van der Waals surface area contributed by atoms with Crippen LogP contribution < -0.4 is 9.47 Å². The van der Waals surface area contributed by atoms with Gasteiger partial charge in [0.15, 0.2) is 11.5 Å². The third-order valence-electron chi connectivity index (χ3n) is 1.49. The Hall–Kier alpha value is -1.78. The molecule has 1 aromatic carbocycles. The molecule has 0 amide bonds. The fourth-order valence-corrected chi connectivity index (χ4v) is 0.878. The molecular formula is C9H9FO4. The number of hydrogen-bond acceptors (Lipinski definition) is 3. The van der Waals surface area contributed by atoms with Crippen LogP contribution in [0.15, 0.2) is 24.3 Å². The predicted molar refractivity (Wildman–Crippen MR) is 46.2 cm³/mol. The van der Waals surface area contributed by atoms with E-state index in [0.29, 0.717) is 0 Å². The van der Waals surface area contributed by atoms with Crippen LogP contribution in [0.5, 0.6) is 11.5 Å². The zero-order valence-corrected chi connectivity index (χ0v) is 7.44. The van der Waals surface area contributed by atoms with Crippen LogP contribution in [0, 0.1) is 0 Å². The molecular weight excluding hydrogens is 191 g/mol. The molecule has 0 bridgehead atoms. The van der Waals surface area contributed by atoms with Gasteiger partial charge in [-0.15, -0.1) is 0 Å². The molecule has 1 N–H and O–H groups in total. The zero-order chi connectivity index (χ0) is 10.6. The Kier molecular flexibility index (Phi) is 3.28. The fourth-order valence-electron chi connectivity index (χ4n) is 0.878. The van der Waals surface area contributed by atoms with Crippen molar-refractivity contribution >= 4 is 5.97 Å². The molecule has 4 nitrogen and oxygen atoms in total. The number of para-hydroxylation sites is 2. The second-order valence-electron chi connectivity index (χ2n) is 2.42. The highest BCUT2D eigenvalue weighted by Gasteiger charge is 2.18. The van der Waals surface area contributed by atoms with Gasteiger partial charge in [0.1, 0.15) is 0 Å². The number of hydrogen-bond donors (Lipinski definition) is 1. The Bertz CT molecular complexity index is 326. The molecule has 1 unspecified atom stereocenters. The minimum atomic E-state index is -2.38. The summed E-state index contributed by atoms with van der Waals surface area (Å²) in [5.74, 6) is -1.32. The van der Waals surface area contributed by atoms with Crippen molar-refractivity contribution in [1.29, 1.82) is 0 Å². The first kappa shape index (κ1) is 10.3. The van der Waals surface area contributed by atoms with Crippen molar-refractivity contribution in [3.8, 4) is 11.5 Å². The van der Waals surface area contributed by atoms with Gasteiger partial charge < -0.3 is 14.6 Å². The average Bonchev–Trinajstić information content (AvgIpc) is 2.18. The van der Waals surface area contributed by atoms with Crippen LogP contribution in [0.3, 0.4) is 0 Å². The average molecular weight is 200 g/mol. The van der Waals surface area contributed by atoms with Gasteiger partial charge in [-0.25, -0.2) is 4.79 Å². The topological polar surface area (TPSA) is 55.8 Å². The largest absolute Gasteiger partial charge is 0.493 e. The van der Waals surface area contributed by atoms with E-state index in [4.69, 9.17) is 9.84 Å². The maximum absolute atomic E-state index is 12.7. The summed E-state index contributed by atoms with van der Waals surface area (Å²) in [6.07, 6.45) is -2.38. The molecule has 0 spiro atoms. The molecule has 0 radical (unpaired) electrons. The van der Waals surface area contributed by atoms with Crippen molar-refractivity contribution in [2.45, 2.75) is 6.36 Å². The van der Waals surface area contributed by atoms with Gasteiger partial charge in [0.25, 0.3) is 0 Å². The van der Waals surface area contributed by atoms with E-state index in [2.05, 4.69) is 4.74 Å². The van der Waals surface area contributed by atoms with Crippen LogP contribution in [0.2, 0.25) is 0 Å². The number of aliphatic carboxylic acids is 1. The Balaban J connectivity index is 2.80. The van der Waals surface area contributed by atoms with Gasteiger partial charge in [-0.3, -0.25) is 0 Å². The number of carboxylic acid groups (broad SMARTS) is 1. The van der Waals surface area contributed by atoms with Gasteiger partial charge in [0.05, 0.1) is 7.11 Å². The van der Waals surface area contributed by atoms with E-state index in [-0.39, 0.29) is 11.5 Å². The Morgan fingerprint density at radius 3 is 2.50 bits per heavy atom. The van der Waals surface area contributed by atoms with E-state index in [1.807, 2.05) is 0 Å². The minimum absolute atomic E-state index is 0.0601. The second kappa shape index (κ2) is 4.45. The van der Waals surface area contributed by atoms with Crippen LogP contribution in [-0.2, 0) is 4.79 Å². The highest BCUT2D eigenvalue weighted by atomic mass is 19.1. The zero-order valence-electron chi connectivity index (χ0n) is 7.44. The summed E-state index contributed by atoms with van der Waals surface area (Å²) in [4.78, 5) is 10.2. The highest BCUT2D eigenvalue weighted by molar-refractivity contribution is 5.71. The second-order valence-corrected chi connectivity index (χ2v) is 2.42. The van der Waals surface area contributed by atoms with Crippen molar-refractivity contribution in [2.24, 2.45) is 0 Å². The molecule has 5 heteroatoms. The molecule has 14 heavy (non-hydrogen) atoms. The number of rotatable bonds is 4. The molecule has 76 valence electrons. The van der Waals surface area contributed by atoms with Gasteiger partial charge >= 0.3 is 12.3 Å². The first-order valence-electron chi connectivity index (χ1n) is 3.81. The lowest BCUT2D eigenvalue weighted by atomic mass is 10.3. The molecule has 0 saturated heterocycles. The van der Waals surface area contributed by atoms with Gasteiger partial charge in [-0.05, 0) is 12.1 Å². The standard InChI is InChI=1S/C9H9FO4/c1-13-6-4-2-3-5-7(6)14-8(10)9(11)12/h2-5,8H,1H3,(H,11,12). The molecule has 1 rings (SSSR count). The highest BCUT2D eigenvalue weighted by Crippen LogP contribution is 2.26. The normalized spacial score (nSPS) is 11.9. The molecule has 0 aliphatic heterocycles. The molecule has 1 aromatic rings. The maximum atomic E-state index is 12.7. The Morgan fingerprint density at radius 1 is 1.43 bits per heavy atom. The third-order valence-corrected chi connectivity index (χ3v) is 1.49.